The predicted molar refractivity (Wildman–Crippen MR) is 184 cm³/mol. The van der Waals surface area contributed by atoms with Crippen molar-refractivity contribution in [1.29, 1.82) is 0 Å². The lowest BCUT2D eigenvalue weighted by Gasteiger charge is -2.11. The van der Waals surface area contributed by atoms with Crippen molar-refractivity contribution in [2.45, 2.75) is 0 Å². The monoisotopic (exact) mass is 575 g/mol. The average molecular weight is 576 g/mol. The summed E-state index contributed by atoms with van der Waals surface area (Å²) in [7, 11) is 0. The van der Waals surface area contributed by atoms with Gasteiger partial charge in [-0.15, -0.1) is 0 Å². The Morgan fingerprint density at radius 1 is 0.356 bits per heavy atom. The van der Waals surface area contributed by atoms with Crippen LogP contribution < -0.4 is 0 Å². The van der Waals surface area contributed by atoms with E-state index in [1.807, 2.05) is 30.3 Å². The van der Waals surface area contributed by atoms with Crippen LogP contribution in [0.25, 0.3) is 88.8 Å². The van der Waals surface area contributed by atoms with Gasteiger partial charge in [0.15, 0.2) is 17.5 Å². The van der Waals surface area contributed by atoms with Crippen LogP contribution in [0.15, 0.2) is 156 Å². The molecule has 0 amide bonds. The molecule has 0 fully saturated rings. The van der Waals surface area contributed by atoms with Crippen LogP contribution in [-0.2, 0) is 0 Å². The third kappa shape index (κ3) is 4.35. The van der Waals surface area contributed by atoms with E-state index < -0.39 is 0 Å². The summed E-state index contributed by atoms with van der Waals surface area (Å²) in [6, 6.07) is 52.3. The van der Waals surface area contributed by atoms with Gasteiger partial charge >= 0.3 is 0 Å². The Kier molecular flexibility index (Phi) is 5.78. The Hall–Kier alpha value is -6.13. The van der Waals surface area contributed by atoms with Crippen LogP contribution in [0.4, 0.5) is 0 Å². The molecule has 0 aliphatic carbocycles. The fourth-order valence-corrected chi connectivity index (χ4v) is 6.35. The highest BCUT2D eigenvalue weighted by Crippen LogP contribution is 2.37. The molecule has 7 aromatic carbocycles. The van der Waals surface area contributed by atoms with Gasteiger partial charge in [-0.25, -0.2) is 15.0 Å². The molecule has 0 N–H and O–H groups in total. The number of para-hydroxylation sites is 1. The molecule has 2 heterocycles. The molecule has 4 heteroatoms. The minimum atomic E-state index is 0.607. The molecule has 0 saturated heterocycles. The van der Waals surface area contributed by atoms with E-state index in [2.05, 4.69) is 121 Å². The number of nitrogens with zero attached hydrogens (tertiary/aromatic N) is 3. The quantitative estimate of drug-likeness (QED) is 0.209. The van der Waals surface area contributed by atoms with E-state index in [1.54, 1.807) is 0 Å². The Labute approximate surface area is 259 Å². The van der Waals surface area contributed by atoms with Gasteiger partial charge in [0.2, 0.25) is 0 Å². The van der Waals surface area contributed by atoms with Crippen molar-refractivity contribution in [3.05, 3.63) is 152 Å². The molecule has 0 radical (unpaired) electrons. The van der Waals surface area contributed by atoms with Crippen LogP contribution in [0.2, 0.25) is 0 Å². The summed E-state index contributed by atoms with van der Waals surface area (Å²) in [6.07, 6.45) is 0. The molecular weight excluding hydrogens is 550 g/mol. The number of fused-ring (bicyclic) bond motifs is 5. The molecule has 2 aromatic heterocycles. The number of hydrogen-bond donors (Lipinski definition) is 0. The second-order valence-corrected chi connectivity index (χ2v) is 11.3. The zero-order valence-electron chi connectivity index (χ0n) is 24.2. The zero-order valence-corrected chi connectivity index (χ0v) is 24.2. The van der Waals surface area contributed by atoms with Crippen molar-refractivity contribution in [3.63, 3.8) is 0 Å². The molecule has 0 aliphatic rings. The van der Waals surface area contributed by atoms with E-state index >= 15 is 0 Å². The van der Waals surface area contributed by atoms with Crippen LogP contribution in [0.3, 0.4) is 0 Å². The van der Waals surface area contributed by atoms with Gasteiger partial charge in [-0.1, -0.05) is 127 Å². The van der Waals surface area contributed by atoms with Crippen molar-refractivity contribution in [2.24, 2.45) is 0 Å². The molecule has 45 heavy (non-hydrogen) atoms. The zero-order chi connectivity index (χ0) is 29.7. The molecule has 0 bridgehead atoms. The number of hydrogen-bond acceptors (Lipinski definition) is 4. The fourth-order valence-electron chi connectivity index (χ4n) is 6.35. The van der Waals surface area contributed by atoms with E-state index in [-0.39, 0.29) is 0 Å². The largest absolute Gasteiger partial charge is 0.456 e. The predicted octanol–water partition coefficient (Wildman–Crippen LogP) is 10.7. The molecule has 9 aromatic rings. The van der Waals surface area contributed by atoms with Crippen molar-refractivity contribution < 1.29 is 4.42 Å². The Bertz CT molecular complexity index is 2560. The lowest BCUT2D eigenvalue weighted by molar-refractivity contribution is 0.669. The van der Waals surface area contributed by atoms with Crippen molar-refractivity contribution >= 4 is 43.5 Å². The Morgan fingerprint density at radius 2 is 0.956 bits per heavy atom. The Balaban J connectivity index is 1.28. The summed E-state index contributed by atoms with van der Waals surface area (Å²) < 4.78 is 6.22. The van der Waals surface area contributed by atoms with Gasteiger partial charge in [-0.2, -0.15) is 0 Å². The standard InChI is InChI=1S/C41H25N3O/c1-2-12-28-24-31(23-22-26(28)10-1)40-42-39(30-15-7-14-29(25-30)33-18-8-13-27-11-3-4-16-32(27)33)43-41(44-40)35-19-9-21-37-38(35)34-17-5-6-20-36(34)45-37/h1-25H. The number of aromatic nitrogens is 3. The third-order valence-electron chi connectivity index (χ3n) is 8.51. The van der Waals surface area contributed by atoms with Gasteiger partial charge in [0.1, 0.15) is 11.2 Å². The summed E-state index contributed by atoms with van der Waals surface area (Å²) >= 11 is 0. The van der Waals surface area contributed by atoms with Gasteiger partial charge in [-0.3, -0.25) is 0 Å². The van der Waals surface area contributed by atoms with Crippen LogP contribution in [0.5, 0.6) is 0 Å². The first kappa shape index (κ1) is 25.4. The van der Waals surface area contributed by atoms with Crippen LogP contribution in [-0.4, -0.2) is 15.0 Å². The molecule has 4 nitrogen and oxygen atoms in total. The maximum Gasteiger partial charge on any atom is 0.164 e. The Morgan fingerprint density at radius 3 is 1.84 bits per heavy atom. The lowest BCUT2D eigenvalue weighted by Crippen LogP contribution is -2.00. The number of benzene rings is 7. The van der Waals surface area contributed by atoms with E-state index in [0.29, 0.717) is 17.5 Å². The first-order valence-electron chi connectivity index (χ1n) is 15.0. The molecule has 9 rings (SSSR count). The van der Waals surface area contributed by atoms with E-state index in [4.69, 9.17) is 19.4 Å². The molecule has 0 atom stereocenters. The molecule has 0 unspecified atom stereocenters. The maximum absolute atomic E-state index is 6.22. The molecular formula is C41H25N3O. The van der Waals surface area contributed by atoms with Gasteiger partial charge in [-0.05, 0) is 56.9 Å². The van der Waals surface area contributed by atoms with E-state index in [9.17, 15) is 0 Å². The number of furan rings is 1. The first-order valence-corrected chi connectivity index (χ1v) is 15.0. The van der Waals surface area contributed by atoms with Gasteiger partial charge in [0, 0.05) is 27.5 Å². The fraction of sp³-hybridized carbons (Fsp3) is 0. The van der Waals surface area contributed by atoms with Crippen molar-refractivity contribution in [3.8, 4) is 45.3 Å². The minimum absolute atomic E-state index is 0.607. The van der Waals surface area contributed by atoms with Gasteiger partial charge in [0.25, 0.3) is 0 Å². The van der Waals surface area contributed by atoms with Gasteiger partial charge in [0.05, 0.1) is 0 Å². The summed E-state index contributed by atoms with van der Waals surface area (Å²) in [6.45, 7) is 0. The first-order chi connectivity index (χ1) is 22.3. The maximum atomic E-state index is 6.22. The third-order valence-corrected chi connectivity index (χ3v) is 8.51. The highest BCUT2D eigenvalue weighted by atomic mass is 16.3. The SMILES string of the molecule is c1cc(-c2nc(-c3ccc4ccccc4c3)nc(-c3cccc4oc5ccccc5c34)n2)cc(-c2cccc3ccccc23)c1. The number of rotatable bonds is 4. The van der Waals surface area contributed by atoms with E-state index in [1.165, 1.54) is 21.7 Å². The second kappa shape index (κ2) is 10.2. The van der Waals surface area contributed by atoms with Crippen LogP contribution >= 0.6 is 0 Å². The molecule has 210 valence electrons. The summed E-state index contributed by atoms with van der Waals surface area (Å²) in [5, 5.41) is 6.77. The molecule has 0 aliphatic heterocycles. The summed E-state index contributed by atoms with van der Waals surface area (Å²) in [5.74, 6) is 1.85. The van der Waals surface area contributed by atoms with E-state index in [0.717, 1.165) is 49.6 Å². The lowest BCUT2D eigenvalue weighted by atomic mass is 9.97. The summed E-state index contributed by atoms with van der Waals surface area (Å²) in [5.41, 5.74) is 6.71. The molecule has 0 saturated carbocycles. The second-order valence-electron chi connectivity index (χ2n) is 11.3. The smallest absolute Gasteiger partial charge is 0.164 e. The highest BCUT2D eigenvalue weighted by Gasteiger charge is 2.18. The normalized spacial score (nSPS) is 11.6. The van der Waals surface area contributed by atoms with Gasteiger partial charge < -0.3 is 4.42 Å². The van der Waals surface area contributed by atoms with Crippen molar-refractivity contribution in [2.75, 3.05) is 0 Å². The highest BCUT2D eigenvalue weighted by molar-refractivity contribution is 6.11. The van der Waals surface area contributed by atoms with Crippen LogP contribution in [0, 0.1) is 0 Å². The minimum Gasteiger partial charge on any atom is -0.456 e. The van der Waals surface area contributed by atoms with Crippen LogP contribution in [0.1, 0.15) is 0 Å². The average Bonchev–Trinajstić information content (AvgIpc) is 3.50. The van der Waals surface area contributed by atoms with Crippen molar-refractivity contribution in [1.82, 2.24) is 15.0 Å². The topological polar surface area (TPSA) is 51.8 Å². The molecule has 0 spiro atoms. The summed E-state index contributed by atoms with van der Waals surface area (Å²) in [4.78, 5) is 15.3.